The standard InChI is InChI=1S/C13H10ClN3OS/c1-18-9-2-3-12(15-6-9)19-11-7-17-13-10(11)4-8(14)5-16-13/h2-7H,1H3,(H,16,17). The van der Waals surface area contributed by atoms with Crippen LogP contribution in [-0.4, -0.2) is 22.1 Å². The van der Waals surface area contributed by atoms with E-state index in [1.54, 1.807) is 31.3 Å². The number of fused-ring (bicyclic) bond motifs is 1. The molecule has 3 aromatic rings. The number of pyridine rings is 2. The molecule has 6 heteroatoms. The summed E-state index contributed by atoms with van der Waals surface area (Å²) >= 11 is 7.53. The Kier molecular flexibility index (Phi) is 3.31. The molecule has 3 rings (SSSR count). The summed E-state index contributed by atoms with van der Waals surface area (Å²) in [6, 6.07) is 5.70. The lowest BCUT2D eigenvalue weighted by Gasteiger charge is -2.01. The molecule has 0 saturated heterocycles. The molecule has 0 saturated carbocycles. The molecule has 0 aromatic carbocycles. The van der Waals surface area contributed by atoms with Crippen LogP contribution >= 0.6 is 23.4 Å². The number of nitrogens with one attached hydrogen (secondary N) is 1. The van der Waals surface area contributed by atoms with Crippen molar-refractivity contribution in [3.8, 4) is 5.75 Å². The summed E-state index contributed by atoms with van der Waals surface area (Å²) in [5.74, 6) is 0.744. The first-order valence-electron chi connectivity index (χ1n) is 5.57. The number of aromatic amines is 1. The predicted octanol–water partition coefficient (Wildman–Crippen LogP) is 3.77. The molecule has 0 amide bonds. The predicted molar refractivity (Wildman–Crippen MR) is 76.0 cm³/mol. The normalized spacial score (nSPS) is 10.8. The summed E-state index contributed by atoms with van der Waals surface area (Å²) in [4.78, 5) is 12.7. The maximum Gasteiger partial charge on any atom is 0.138 e. The number of H-pyrrole nitrogens is 1. The molecule has 0 unspecified atom stereocenters. The van der Waals surface area contributed by atoms with Crippen molar-refractivity contribution in [2.24, 2.45) is 0 Å². The number of methoxy groups -OCH3 is 1. The van der Waals surface area contributed by atoms with Gasteiger partial charge in [-0.1, -0.05) is 23.4 Å². The average Bonchev–Trinajstić information content (AvgIpc) is 2.82. The van der Waals surface area contributed by atoms with Crippen LogP contribution in [0.15, 0.2) is 46.7 Å². The molecule has 19 heavy (non-hydrogen) atoms. The molecule has 0 spiro atoms. The van der Waals surface area contributed by atoms with Crippen molar-refractivity contribution < 1.29 is 4.74 Å². The third-order valence-corrected chi connectivity index (χ3v) is 3.83. The van der Waals surface area contributed by atoms with Crippen LogP contribution in [0.25, 0.3) is 11.0 Å². The number of rotatable bonds is 3. The number of halogens is 1. The highest BCUT2D eigenvalue weighted by atomic mass is 35.5. The van der Waals surface area contributed by atoms with Gasteiger partial charge in [-0.15, -0.1) is 0 Å². The van der Waals surface area contributed by atoms with E-state index in [1.807, 2.05) is 24.4 Å². The van der Waals surface area contributed by atoms with E-state index in [-0.39, 0.29) is 0 Å². The average molecular weight is 292 g/mol. The lowest BCUT2D eigenvalue weighted by molar-refractivity contribution is 0.412. The van der Waals surface area contributed by atoms with Gasteiger partial charge in [0.2, 0.25) is 0 Å². The van der Waals surface area contributed by atoms with Crippen LogP contribution < -0.4 is 4.74 Å². The van der Waals surface area contributed by atoms with Gasteiger partial charge in [-0.05, 0) is 18.2 Å². The number of hydrogen-bond donors (Lipinski definition) is 1. The van der Waals surface area contributed by atoms with Gasteiger partial charge in [0, 0.05) is 22.7 Å². The Morgan fingerprint density at radius 3 is 2.89 bits per heavy atom. The van der Waals surface area contributed by atoms with E-state index in [0.717, 1.165) is 26.7 Å². The summed E-state index contributed by atoms with van der Waals surface area (Å²) in [7, 11) is 1.62. The maximum absolute atomic E-state index is 5.97. The van der Waals surface area contributed by atoms with Crippen LogP contribution in [0, 0.1) is 0 Å². The number of aromatic nitrogens is 3. The van der Waals surface area contributed by atoms with E-state index < -0.39 is 0 Å². The van der Waals surface area contributed by atoms with Crippen molar-refractivity contribution in [2.75, 3.05) is 7.11 Å². The third-order valence-electron chi connectivity index (χ3n) is 2.62. The van der Waals surface area contributed by atoms with E-state index in [0.29, 0.717) is 5.02 Å². The largest absolute Gasteiger partial charge is 0.495 e. The van der Waals surface area contributed by atoms with Crippen molar-refractivity contribution in [2.45, 2.75) is 9.92 Å². The summed E-state index contributed by atoms with van der Waals surface area (Å²) in [5, 5.41) is 2.51. The molecular formula is C13H10ClN3OS. The number of nitrogens with zero attached hydrogens (tertiary/aromatic N) is 2. The summed E-state index contributed by atoms with van der Waals surface area (Å²) in [6.07, 6.45) is 5.23. The zero-order chi connectivity index (χ0) is 13.2. The Bertz CT molecular complexity index is 711. The van der Waals surface area contributed by atoms with Gasteiger partial charge in [-0.2, -0.15) is 0 Å². The minimum absolute atomic E-state index is 0.622. The van der Waals surface area contributed by atoms with Crippen molar-refractivity contribution in [3.63, 3.8) is 0 Å². The highest BCUT2D eigenvalue weighted by Gasteiger charge is 2.08. The van der Waals surface area contributed by atoms with E-state index in [4.69, 9.17) is 16.3 Å². The van der Waals surface area contributed by atoms with E-state index in [9.17, 15) is 0 Å². The first-order chi connectivity index (χ1) is 9.26. The lowest BCUT2D eigenvalue weighted by Crippen LogP contribution is -1.84. The maximum atomic E-state index is 5.97. The molecule has 0 radical (unpaired) electrons. The monoisotopic (exact) mass is 291 g/mol. The van der Waals surface area contributed by atoms with Gasteiger partial charge in [-0.3, -0.25) is 0 Å². The smallest absolute Gasteiger partial charge is 0.138 e. The SMILES string of the molecule is COc1ccc(Sc2c[nH]c3ncc(Cl)cc23)nc1. The van der Waals surface area contributed by atoms with E-state index >= 15 is 0 Å². The summed E-state index contributed by atoms with van der Waals surface area (Å²) < 4.78 is 5.08. The first-order valence-corrected chi connectivity index (χ1v) is 6.76. The molecule has 1 N–H and O–H groups in total. The topological polar surface area (TPSA) is 50.8 Å². The fraction of sp³-hybridized carbons (Fsp3) is 0.0769. The molecule has 0 aliphatic rings. The Labute approximate surface area is 119 Å². The highest BCUT2D eigenvalue weighted by molar-refractivity contribution is 7.99. The fourth-order valence-corrected chi connectivity index (χ4v) is 2.71. The number of ether oxygens (including phenoxy) is 1. The minimum atomic E-state index is 0.622. The second-order valence-corrected chi connectivity index (χ2v) is 5.34. The molecule has 3 aromatic heterocycles. The van der Waals surface area contributed by atoms with Gasteiger partial charge in [0.05, 0.1) is 18.3 Å². The lowest BCUT2D eigenvalue weighted by atomic mass is 10.3. The van der Waals surface area contributed by atoms with Crippen LogP contribution in [-0.2, 0) is 0 Å². The highest BCUT2D eigenvalue weighted by Crippen LogP contribution is 2.33. The van der Waals surface area contributed by atoms with Crippen LogP contribution in [0.5, 0.6) is 5.75 Å². The number of hydrogen-bond acceptors (Lipinski definition) is 4. The second-order valence-electron chi connectivity index (χ2n) is 3.84. The first kappa shape index (κ1) is 12.3. The molecule has 96 valence electrons. The van der Waals surface area contributed by atoms with Gasteiger partial charge < -0.3 is 9.72 Å². The Hall–Kier alpha value is -1.72. The minimum Gasteiger partial charge on any atom is -0.495 e. The molecule has 4 nitrogen and oxygen atoms in total. The Balaban J connectivity index is 1.93. The summed E-state index contributed by atoms with van der Waals surface area (Å²) in [5.41, 5.74) is 0.820. The van der Waals surface area contributed by atoms with Gasteiger partial charge >= 0.3 is 0 Å². The van der Waals surface area contributed by atoms with Crippen molar-refractivity contribution in [1.82, 2.24) is 15.0 Å². The Morgan fingerprint density at radius 1 is 1.26 bits per heavy atom. The van der Waals surface area contributed by atoms with Crippen LogP contribution in [0.3, 0.4) is 0 Å². The quantitative estimate of drug-likeness (QED) is 0.798. The zero-order valence-corrected chi connectivity index (χ0v) is 11.6. The Morgan fingerprint density at radius 2 is 2.16 bits per heavy atom. The zero-order valence-electron chi connectivity index (χ0n) is 10.1. The molecule has 0 fully saturated rings. The van der Waals surface area contributed by atoms with Gasteiger partial charge in [0.1, 0.15) is 16.4 Å². The third kappa shape index (κ3) is 2.52. The second kappa shape index (κ2) is 5.11. The van der Waals surface area contributed by atoms with Crippen LogP contribution in [0.1, 0.15) is 0 Å². The van der Waals surface area contributed by atoms with Gasteiger partial charge in [0.25, 0.3) is 0 Å². The molecule has 0 aliphatic heterocycles. The summed E-state index contributed by atoms with van der Waals surface area (Å²) in [6.45, 7) is 0. The van der Waals surface area contributed by atoms with Crippen LogP contribution in [0.4, 0.5) is 0 Å². The molecular weight excluding hydrogens is 282 g/mol. The molecule has 0 atom stereocenters. The molecule has 3 heterocycles. The van der Waals surface area contributed by atoms with Crippen molar-refractivity contribution in [1.29, 1.82) is 0 Å². The van der Waals surface area contributed by atoms with Gasteiger partial charge in [0.15, 0.2) is 0 Å². The van der Waals surface area contributed by atoms with E-state index in [1.165, 1.54) is 0 Å². The molecule has 0 aliphatic carbocycles. The van der Waals surface area contributed by atoms with Crippen molar-refractivity contribution >= 4 is 34.4 Å². The van der Waals surface area contributed by atoms with E-state index in [2.05, 4.69) is 15.0 Å². The van der Waals surface area contributed by atoms with Gasteiger partial charge in [-0.25, -0.2) is 9.97 Å². The van der Waals surface area contributed by atoms with Crippen LogP contribution in [0.2, 0.25) is 5.02 Å². The molecule has 0 bridgehead atoms. The van der Waals surface area contributed by atoms with Crippen molar-refractivity contribution in [3.05, 3.63) is 41.8 Å². The fourth-order valence-electron chi connectivity index (χ4n) is 1.70.